The van der Waals surface area contributed by atoms with Gasteiger partial charge in [-0.25, -0.2) is 4.98 Å². The van der Waals surface area contributed by atoms with Crippen LogP contribution in [0.1, 0.15) is 52.1 Å². The van der Waals surface area contributed by atoms with Crippen LogP contribution in [0.25, 0.3) is 0 Å². The second kappa shape index (κ2) is 9.14. The number of aromatic hydroxyl groups is 1. The molecule has 11 heteroatoms. The Labute approximate surface area is 199 Å². The number of benzene rings is 1. The van der Waals surface area contributed by atoms with E-state index in [1.54, 1.807) is 6.07 Å². The Hall–Kier alpha value is -3.92. The fourth-order valence-electron chi connectivity index (χ4n) is 4.03. The van der Waals surface area contributed by atoms with Crippen molar-refractivity contribution in [2.45, 2.75) is 32.7 Å². The summed E-state index contributed by atoms with van der Waals surface area (Å²) in [6.07, 6.45) is 2.51. The van der Waals surface area contributed by atoms with Crippen molar-refractivity contribution >= 4 is 23.2 Å². The van der Waals surface area contributed by atoms with E-state index >= 15 is 0 Å². The Kier molecular flexibility index (Phi) is 6.25. The molecule has 0 unspecified atom stereocenters. The van der Waals surface area contributed by atoms with Gasteiger partial charge < -0.3 is 14.9 Å². The maximum absolute atomic E-state index is 12.9. The predicted molar refractivity (Wildman–Crippen MR) is 125 cm³/mol. The normalized spacial score (nSPS) is 13.0. The molecule has 0 saturated carbocycles. The zero-order valence-electron chi connectivity index (χ0n) is 19.0. The van der Waals surface area contributed by atoms with Gasteiger partial charge in [-0.3, -0.25) is 18.8 Å². The largest absolute Gasteiger partial charge is 0.501 e. The van der Waals surface area contributed by atoms with Gasteiger partial charge in [0.25, 0.3) is 11.5 Å². The summed E-state index contributed by atoms with van der Waals surface area (Å²) in [4.78, 5) is 30.1. The molecule has 0 radical (unpaired) electrons. The lowest BCUT2D eigenvalue weighted by Gasteiger charge is -2.28. The number of carbonyl (C=O) groups is 1. The van der Waals surface area contributed by atoms with Gasteiger partial charge in [-0.15, -0.1) is 0 Å². The molecule has 10 nitrogen and oxygen atoms in total. The number of anilines is 1. The van der Waals surface area contributed by atoms with Crippen molar-refractivity contribution < 1.29 is 14.4 Å². The highest BCUT2D eigenvalue weighted by Crippen LogP contribution is 2.37. The Bertz CT molecular complexity index is 1410. The maximum atomic E-state index is 12.9. The van der Waals surface area contributed by atoms with Gasteiger partial charge in [0.2, 0.25) is 5.75 Å². The molecule has 3 heterocycles. The quantitative estimate of drug-likeness (QED) is 0.429. The van der Waals surface area contributed by atoms with Crippen LogP contribution >= 0.6 is 11.6 Å². The van der Waals surface area contributed by atoms with Gasteiger partial charge in [-0.2, -0.15) is 5.10 Å². The number of hydrogen-bond donors (Lipinski definition) is 2. The van der Waals surface area contributed by atoms with Gasteiger partial charge in [0.15, 0.2) is 5.69 Å². The van der Waals surface area contributed by atoms with Crippen LogP contribution in [0.4, 0.5) is 5.69 Å². The number of nitrogens with one attached hydrogen (secondary N) is 1. The molecule has 0 aliphatic carbocycles. The number of rotatable bonds is 6. The van der Waals surface area contributed by atoms with E-state index < -0.39 is 34.9 Å². The summed E-state index contributed by atoms with van der Waals surface area (Å²) < 4.78 is 7.76. The van der Waals surface area contributed by atoms with Gasteiger partial charge in [0, 0.05) is 23.7 Å². The predicted octanol–water partition coefficient (Wildman–Crippen LogP) is 3.59. The summed E-state index contributed by atoms with van der Waals surface area (Å²) in [5.41, 5.74) is 1.60. The van der Waals surface area contributed by atoms with E-state index in [1.165, 1.54) is 24.1 Å². The minimum atomic E-state index is -0.771. The number of amides is 1. The monoisotopic (exact) mass is 482 g/mol. The Morgan fingerprint density at radius 2 is 2.00 bits per heavy atom. The van der Waals surface area contributed by atoms with Crippen LogP contribution in [0.2, 0.25) is 5.02 Å². The third-order valence-corrected chi connectivity index (χ3v) is 5.96. The lowest BCUT2D eigenvalue weighted by Crippen LogP contribution is -2.31. The molecule has 1 amide bonds. The van der Waals surface area contributed by atoms with Gasteiger partial charge >= 0.3 is 0 Å². The topological polar surface area (TPSA) is 128 Å². The Morgan fingerprint density at radius 3 is 2.62 bits per heavy atom. The zero-order valence-corrected chi connectivity index (χ0v) is 19.7. The van der Waals surface area contributed by atoms with E-state index in [0.29, 0.717) is 5.02 Å². The molecule has 34 heavy (non-hydrogen) atoms. The summed E-state index contributed by atoms with van der Waals surface area (Å²) in [6.45, 7) is 5.68. The SMILES string of the molecule is Cc1cc(C)n([C@H](c2ccccc2Cl)[C@H](C)c2nc(C(=O)Nc3cnoc3)c(O)c(=O)n2C)n1. The van der Waals surface area contributed by atoms with Crippen molar-refractivity contribution in [3.63, 3.8) is 0 Å². The fraction of sp³-hybridized carbons (Fsp3) is 0.261. The molecular formula is C23H23ClN6O4. The van der Waals surface area contributed by atoms with Crippen LogP contribution in [-0.4, -0.2) is 35.5 Å². The van der Waals surface area contributed by atoms with Gasteiger partial charge in [0.1, 0.15) is 17.8 Å². The Balaban J connectivity index is 1.86. The molecule has 0 fully saturated rings. The third kappa shape index (κ3) is 4.19. The molecule has 4 aromatic rings. The molecule has 0 saturated heterocycles. The van der Waals surface area contributed by atoms with E-state index in [9.17, 15) is 14.7 Å². The van der Waals surface area contributed by atoms with Crippen molar-refractivity contribution in [3.8, 4) is 5.75 Å². The average Bonchev–Trinajstić information content (AvgIpc) is 3.42. The molecule has 4 rings (SSSR count). The van der Waals surface area contributed by atoms with Crippen molar-refractivity contribution in [2.75, 3.05) is 5.32 Å². The molecule has 2 atom stereocenters. The molecular weight excluding hydrogens is 460 g/mol. The van der Waals surface area contributed by atoms with Crippen LogP contribution in [0.3, 0.4) is 0 Å². The molecule has 2 N–H and O–H groups in total. The number of aryl methyl sites for hydroxylation is 2. The molecule has 0 spiro atoms. The minimum Gasteiger partial charge on any atom is -0.501 e. The molecule has 3 aromatic heterocycles. The van der Waals surface area contributed by atoms with Crippen molar-refractivity contribution in [1.82, 2.24) is 24.5 Å². The first-order valence-corrected chi connectivity index (χ1v) is 10.8. The molecule has 0 bridgehead atoms. The van der Waals surface area contributed by atoms with Crippen LogP contribution in [0, 0.1) is 13.8 Å². The Morgan fingerprint density at radius 1 is 1.26 bits per heavy atom. The van der Waals surface area contributed by atoms with Gasteiger partial charge in [-0.05, 0) is 31.5 Å². The highest BCUT2D eigenvalue weighted by atomic mass is 35.5. The minimum absolute atomic E-state index is 0.262. The van der Waals surface area contributed by atoms with E-state index in [0.717, 1.165) is 17.0 Å². The highest BCUT2D eigenvalue weighted by molar-refractivity contribution is 6.31. The standard InChI is InChI=1S/C23H23ClN6O4/c1-12-9-13(2)30(28-12)19(16-7-5-6-8-17(16)24)14(3)21-27-18(20(31)23(33)29(21)4)22(32)26-15-10-25-34-11-15/h5-11,14,19,31H,1-4H3,(H,26,32)/t14-,19-/m0/s1. The van der Waals surface area contributed by atoms with Crippen LogP contribution in [0.15, 0.2) is 52.1 Å². The van der Waals surface area contributed by atoms with Crippen LogP contribution in [-0.2, 0) is 7.05 Å². The summed E-state index contributed by atoms with van der Waals surface area (Å²) in [5, 5.41) is 21.6. The third-order valence-electron chi connectivity index (χ3n) is 5.62. The van der Waals surface area contributed by atoms with Crippen molar-refractivity contribution in [3.05, 3.63) is 86.6 Å². The zero-order chi connectivity index (χ0) is 24.6. The van der Waals surface area contributed by atoms with Crippen molar-refractivity contribution in [2.24, 2.45) is 7.05 Å². The smallest absolute Gasteiger partial charge is 0.296 e. The lowest BCUT2D eigenvalue weighted by molar-refractivity contribution is 0.101. The number of nitrogens with zero attached hydrogens (tertiary/aromatic N) is 5. The van der Waals surface area contributed by atoms with Crippen LogP contribution in [0.5, 0.6) is 5.75 Å². The maximum Gasteiger partial charge on any atom is 0.296 e. The summed E-state index contributed by atoms with van der Waals surface area (Å²) in [5.74, 6) is -1.73. The molecule has 1 aromatic carbocycles. The lowest BCUT2D eigenvalue weighted by atomic mass is 9.93. The molecule has 176 valence electrons. The van der Waals surface area contributed by atoms with E-state index in [-0.39, 0.29) is 11.5 Å². The first kappa shape index (κ1) is 23.2. The highest BCUT2D eigenvalue weighted by Gasteiger charge is 2.31. The first-order chi connectivity index (χ1) is 16.2. The second-order valence-corrected chi connectivity index (χ2v) is 8.43. The van der Waals surface area contributed by atoms with Gasteiger partial charge in [-0.1, -0.05) is 41.9 Å². The van der Waals surface area contributed by atoms with E-state index in [1.807, 2.05) is 49.7 Å². The molecule has 0 aliphatic heterocycles. The van der Waals surface area contributed by atoms with E-state index in [4.69, 9.17) is 16.1 Å². The summed E-state index contributed by atoms with van der Waals surface area (Å²) >= 11 is 6.57. The summed E-state index contributed by atoms with van der Waals surface area (Å²) in [6, 6.07) is 8.86. The van der Waals surface area contributed by atoms with E-state index in [2.05, 4.69) is 20.6 Å². The van der Waals surface area contributed by atoms with Gasteiger partial charge in [0.05, 0.1) is 17.9 Å². The summed E-state index contributed by atoms with van der Waals surface area (Å²) in [7, 11) is 1.49. The fourth-order valence-corrected chi connectivity index (χ4v) is 4.27. The number of aromatic nitrogens is 5. The van der Waals surface area contributed by atoms with Crippen molar-refractivity contribution in [1.29, 1.82) is 0 Å². The van der Waals surface area contributed by atoms with Crippen LogP contribution < -0.4 is 10.9 Å². The number of hydrogen-bond acceptors (Lipinski definition) is 7. The average molecular weight is 483 g/mol. The molecule has 0 aliphatic rings. The first-order valence-electron chi connectivity index (χ1n) is 10.5. The number of halogens is 1. The number of carbonyl (C=O) groups excluding carboxylic acids is 1. The second-order valence-electron chi connectivity index (χ2n) is 8.03.